The minimum absolute atomic E-state index is 0.209. The molecule has 1 atom stereocenters. The van der Waals surface area contributed by atoms with Crippen LogP contribution in [-0.4, -0.2) is 61.8 Å². The molecule has 39 heavy (non-hydrogen) atoms. The van der Waals surface area contributed by atoms with E-state index in [-0.39, 0.29) is 20.1 Å². The first kappa shape index (κ1) is 28.8. The van der Waals surface area contributed by atoms with Crippen LogP contribution in [0.15, 0.2) is 53.9 Å². The quantitative estimate of drug-likeness (QED) is 0.230. The van der Waals surface area contributed by atoms with Gasteiger partial charge in [0.15, 0.2) is 16.6 Å². The number of fused-ring (bicyclic) bond motifs is 1. The predicted octanol–water partition coefficient (Wildman–Crippen LogP) is 6.77. The maximum Gasteiger partial charge on any atom is 0.255 e. The lowest BCUT2D eigenvalue weighted by molar-refractivity contribution is 0.102. The number of hydrogen-bond donors (Lipinski definition) is 1. The van der Waals surface area contributed by atoms with Gasteiger partial charge >= 0.3 is 0 Å². The molecule has 11 heteroatoms. The van der Waals surface area contributed by atoms with Crippen molar-refractivity contribution in [2.24, 2.45) is 0 Å². The summed E-state index contributed by atoms with van der Waals surface area (Å²) in [6.45, 7) is 6.90. The van der Waals surface area contributed by atoms with Crippen molar-refractivity contribution in [3.05, 3.63) is 64.4 Å². The summed E-state index contributed by atoms with van der Waals surface area (Å²) in [7, 11) is 3.41. The van der Waals surface area contributed by atoms with Crippen LogP contribution in [0.1, 0.15) is 29.1 Å². The Bertz CT molecular complexity index is 1400. The van der Waals surface area contributed by atoms with Crippen LogP contribution < -0.4 is 19.7 Å². The molecule has 1 aliphatic heterocycles. The molecule has 5 rings (SSSR count). The summed E-state index contributed by atoms with van der Waals surface area (Å²) in [6, 6.07) is 14.9. The Morgan fingerprint density at radius 2 is 1.77 bits per heavy atom. The van der Waals surface area contributed by atoms with Gasteiger partial charge in [0.2, 0.25) is 5.65 Å². The van der Waals surface area contributed by atoms with Gasteiger partial charge < -0.3 is 24.6 Å². The molecule has 2 aromatic heterocycles. The second kappa shape index (κ2) is 13.7. The standard InChI is InChI=1S/C26H27N4O4PS2.C2H6/c1-33-21-8-6-18(15-22(21)34-2)27-24(31)17-5-7-20-23(14-17)37-25(28-20)29-9-11-30(12-10-29)26(32)35-16-19-4-3-13-36-19;1-2/h3-8,13-15,35H,9-12,16H2,1-2H3,(H,27,31);1-2H3. The SMILES string of the molecule is CC.COc1ccc(NC(=O)c2ccc3nc(N4CCN(C(=O)PCc5cccs5)CC4)sc3c2)cc1OC. The van der Waals surface area contributed by atoms with Gasteiger partial charge in [-0.1, -0.05) is 31.3 Å². The smallest absolute Gasteiger partial charge is 0.255 e. The van der Waals surface area contributed by atoms with Gasteiger partial charge in [-0.15, -0.1) is 11.3 Å². The normalized spacial score (nSPS) is 13.3. The number of piperazine rings is 1. The monoisotopic (exact) mass is 584 g/mol. The molecular formula is C28H33N4O4PS2. The fourth-order valence-electron chi connectivity index (χ4n) is 4.09. The van der Waals surface area contributed by atoms with Crippen molar-refractivity contribution in [1.82, 2.24) is 9.88 Å². The van der Waals surface area contributed by atoms with Crippen LogP contribution in [0.4, 0.5) is 15.6 Å². The topological polar surface area (TPSA) is 84.0 Å². The Hall–Kier alpha value is -3.20. The van der Waals surface area contributed by atoms with Gasteiger partial charge in [-0.3, -0.25) is 9.59 Å². The van der Waals surface area contributed by atoms with E-state index in [4.69, 9.17) is 14.5 Å². The third-order valence-electron chi connectivity index (χ3n) is 6.11. The first-order valence-electron chi connectivity index (χ1n) is 12.8. The maximum atomic E-state index is 12.9. The highest BCUT2D eigenvalue weighted by molar-refractivity contribution is 7.57. The van der Waals surface area contributed by atoms with Gasteiger partial charge in [0, 0.05) is 54.5 Å². The van der Waals surface area contributed by atoms with Gasteiger partial charge in [0.05, 0.1) is 24.4 Å². The van der Waals surface area contributed by atoms with E-state index in [0.29, 0.717) is 35.8 Å². The molecule has 0 bridgehead atoms. The predicted molar refractivity (Wildman–Crippen MR) is 164 cm³/mol. The number of rotatable bonds is 8. The zero-order valence-electron chi connectivity index (χ0n) is 22.5. The van der Waals surface area contributed by atoms with Crippen molar-refractivity contribution < 1.29 is 19.1 Å². The van der Waals surface area contributed by atoms with E-state index in [1.165, 1.54) is 4.88 Å². The van der Waals surface area contributed by atoms with Crippen LogP contribution >= 0.6 is 31.3 Å². The first-order valence-corrected chi connectivity index (χ1v) is 15.7. The Labute approximate surface area is 238 Å². The molecule has 0 spiro atoms. The van der Waals surface area contributed by atoms with Crippen molar-refractivity contribution in [1.29, 1.82) is 0 Å². The molecule has 8 nitrogen and oxygen atoms in total. The fourth-order valence-corrected chi connectivity index (χ4v) is 7.08. The van der Waals surface area contributed by atoms with E-state index in [1.54, 1.807) is 61.2 Å². The number of hydrogen-bond acceptors (Lipinski definition) is 8. The second-order valence-electron chi connectivity index (χ2n) is 8.41. The summed E-state index contributed by atoms with van der Waals surface area (Å²) in [5.41, 5.74) is 2.27. The van der Waals surface area contributed by atoms with Gasteiger partial charge in [-0.2, -0.15) is 0 Å². The Morgan fingerprint density at radius 3 is 2.46 bits per heavy atom. The van der Waals surface area contributed by atoms with Crippen molar-refractivity contribution in [3.8, 4) is 11.5 Å². The summed E-state index contributed by atoms with van der Waals surface area (Å²) in [6.07, 6.45) is 0.830. The zero-order valence-corrected chi connectivity index (χ0v) is 25.2. The molecule has 2 amide bonds. The highest BCUT2D eigenvalue weighted by Gasteiger charge is 2.23. The van der Waals surface area contributed by atoms with Crippen LogP contribution in [-0.2, 0) is 6.16 Å². The van der Waals surface area contributed by atoms with Gasteiger partial charge in [-0.25, -0.2) is 4.98 Å². The number of ether oxygens (including phenoxy) is 2. The van der Waals surface area contributed by atoms with E-state index >= 15 is 0 Å². The second-order valence-corrected chi connectivity index (χ2v) is 11.6. The summed E-state index contributed by atoms with van der Waals surface area (Å²) in [4.78, 5) is 35.8. The Kier molecular flexibility index (Phi) is 10.1. The fraction of sp³-hybridized carbons (Fsp3) is 0.321. The lowest BCUT2D eigenvalue weighted by Gasteiger charge is -2.34. The molecule has 0 saturated carbocycles. The van der Waals surface area contributed by atoms with Crippen molar-refractivity contribution in [2.75, 3.05) is 50.6 Å². The van der Waals surface area contributed by atoms with Crippen LogP contribution in [0, 0.1) is 0 Å². The molecule has 0 aliphatic carbocycles. The van der Waals surface area contributed by atoms with E-state index < -0.39 is 0 Å². The number of thiazole rings is 1. The van der Waals surface area contributed by atoms with Crippen LogP contribution in [0.3, 0.4) is 0 Å². The number of nitrogens with one attached hydrogen (secondary N) is 1. The molecule has 206 valence electrons. The number of carbonyl (C=O) groups excluding carboxylic acids is 2. The average Bonchev–Trinajstić information content (AvgIpc) is 3.66. The number of aromatic nitrogens is 1. The zero-order chi connectivity index (χ0) is 27.8. The molecule has 4 aromatic rings. The van der Waals surface area contributed by atoms with E-state index in [2.05, 4.69) is 21.7 Å². The highest BCUT2D eigenvalue weighted by atomic mass is 32.1. The van der Waals surface area contributed by atoms with Gasteiger partial charge in [0.1, 0.15) is 0 Å². The van der Waals surface area contributed by atoms with Crippen LogP contribution in [0.25, 0.3) is 10.2 Å². The van der Waals surface area contributed by atoms with E-state index in [9.17, 15) is 9.59 Å². The Morgan fingerprint density at radius 1 is 1.00 bits per heavy atom. The molecule has 1 fully saturated rings. The van der Waals surface area contributed by atoms with E-state index in [1.807, 2.05) is 36.9 Å². The molecule has 1 aliphatic rings. The van der Waals surface area contributed by atoms with Crippen LogP contribution in [0.2, 0.25) is 0 Å². The minimum atomic E-state index is -0.209. The van der Waals surface area contributed by atoms with Crippen molar-refractivity contribution >= 4 is 63.8 Å². The molecule has 1 saturated heterocycles. The number of methoxy groups -OCH3 is 2. The average molecular weight is 585 g/mol. The lowest BCUT2D eigenvalue weighted by atomic mass is 10.2. The number of nitrogens with zero attached hydrogens (tertiary/aromatic N) is 3. The lowest BCUT2D eigenvalue weighted by Crippen LogP contribution is -2.47. The molecule has 1 N–H and O–H groups in total. The molecule has 1 unspecified atom stereocenters. The maximum absolute atomic E-state index is 12.9. The first-order chi connectivity index (χ1) is 19.0. The van der Waals surface area contributed by atoms with Crippen LogP contribution in [0.5, 0.6) is 11.5 Å². The molecule has 0 radical (unpaired) electrons. The van der Waals surface area contributed by atoms with Crippen molar-refractivity contribution in [3.63, 3.8) is 0 Å². The summed E-state index contributed by atoms with van der Waals surface area (Å²) >= 11 is 3.27. The Balaban J connectivity index is 0.00000172. The van der Waals surface area contributed by atoms with Gasteiger partial charge in [-0.05, 0) is 50.4 Å². The molecule has 3 heterocycles. The summed E-state index contributed by atoms with van der Waals surface area (Å²) < 4.78 is 11.5. The van der Waals surface area contributed by atoms with Gasteiger partial charge in [0.25, 0.3) is 5.91 Å². The highest BCUT2D eigenvalue weighted by Crippen LogP contribution is 2.33. The van der Waals surface area contributed by atoms with Crippen molar-refractivity contribution in [2.45, 2.75) is 20.0 Å². The third kappa shape index (κ3) is 7.06. The van der Waals surface area contributed by atoms with E-state index in [0.717, 1.165) is 34.6 Å². The minimum Gasteiger partial charge on any atom is -0.493 e. The summed E-state index contributed by atoms with van der Waals surface area (Å²) in [5, 5.41) is 5.88. The number of benzene rings is 2. The number of amides is 2. The number of carbonyl (C=O) groups is 2. The third-order valence-corrected chi connectivity index (χ3v) is 9.50. The largest absolute Gasteiger partial charge is 0.493 e. The summed E-state index contributed by atoms with van der Waals surface area (Å²) in [5.74, 6) is 0.940. The number of thiophene rings is 1. The molecular weight excluding hydrogens is 551 g/mol. The number of anilines is 2. The molecule has 2 aromatic carbocycles.